The van der Waals surface area contributed by atoms with Crippen LogP contribution in [0.3, 0.4) is 0 Å². The second kappa shape index (κ2) is 6.10. The first kappa shape index (κ1) is 13.8. The lowest BCUT2D eigenvalue weighted by Crippen LogP contribution is -2.20. The fourth-order valence-corrected chi connectivity index (χ4v) is 3.91. The lowest BCUT2D eigenvalue weighted by molar-refractivity contribution is 0.359. The molecule has 4 nitrogen and oxygen atoms in total. The predicted octanol–water partition coefficient (Wildman–Crippen LogP) is 3.85. The molecule has 2 aromatic heterocycles. The highest BCUT2D eigenvalue weighted by Gasteiger charge is 2.24. The summed E-state index contributed by atoms with van der Waals surface area (Å²) in [4.78, 5) is 4.06. The normalized spacial score (nSPS) is 22.9. The van der Waals surface area contributed by atoms with Crippen LogP contribution in [0.4, 0.5) is 0 Å². The Hall–Kier alpha value is -1.14. The zero-order valence-corrected chi connectivity index (χ0v) is 13.1. The molecule has 0 bridgehead atoms. The molecule has 0 unspecified atom stereocenters. The number of nitrogens with one attached hydrogen (secondary N) is 1. The zero-order chi connectivity index (χ0) is 13.9. The Bertz CT molecular complexity index is 612. The van der Waals surface area contributed by atoms with Crippen molar-refractivity contribution in [3.05, 3.63) is 29.3 Å². The average molecular weight is 306 g/mol. The van der Waals surface area contributed by atoms with Crippen molar-refractivity contribution >= 4 is 24.0 Å². The number of aromatic nitrogens is 4. The molecule has 1 aliphatic carbocycles. The van der Waals surface area contributed by atoms with E-state index >= 15 is 0 Å². The van der Waals surface area contributed by atoms with Crippen molar-refractivity contribution < 1.29 is 0 Å². The molecule has 0 aliphatic heterocycles. The van der Waals surface area contributed by atoms with Gasteiger partial charge < -0.3 is 0 Å². The van der Waals surface area contributed by atoms with E-state index in [-0.39, 0.29) is 0 Å². The van der Waals surface area contributed by atoms with Crippen molar-refractivity contribution in [2.45, 2.75) is 37.0 Å². The molecule has 1 N–H and O–H groups in total. The Kier molecular flexibility index (Phi) is 4.21. The molecule has 0 radical (unpaired) electrons. The third-order valence-corrected chi connectivity index (χ3v) is 5.41. The van der Waals surface area contributed by atoms with Crippen LogP contribution in [-0.4, -0.2) is 31.3 Å². The van der Waals surface area contributed by atoms with E-state index in [1.54, 1.807) is 12.4 Å². The van der Waals surface area contributed by atoms with Crippen LogP contribution in [0, 0.1) is 4.77 Å². The number of H-pyrrole nitrogens is 1. The molecule has 3 rings (SSSR count). The highest BCUT2D eigenvalue weighted by molar-refractivity contribution is 7.99. The van der Waals surface area contributed by atoms with Gasteiger partial charge in [-0.3, -0.25) is 14.6 Å². The largest absolute Gasteiger partial charge is 0.297 e. The fraction of sp³-hybridized carbons (Fsp3) is 0.500. The van der Waals surface area contributed by atoms with Crippen molar-refractivity contribution in [3.63, 3.8) is 0 Å². The van der Waals surface area contributed by atoms with Crippen molar-refractivity contribution in [1.82, 2.24) is 19.7 Å². The van der Waals surface area contributed by atoms with Gasteiger partial charge in [-0.1, -0.05) is 0 Å². The molecule has 1 fully saturated rings. The molecule has 106 valence electrons. The third-order valence-electron chi connectivity index (χ3n) is 3.99. The lowest BCUT2D eigenvalue weighted by atomic mass is 9.94. The summed E-state index contributed by atoms with van der Waals surface area (Å²) in [5.41, 5.74) is 1.07. The number of nitrogens with zero attached hydrogens (tertiary/aromatic N) is 3. The van der Waals surface area contributed by atoms with E-state index in [9.17, 15) is 0 Å². The minimum atomic E-state index is 0.466. The maximum absolute atomic E-state index is 5.44. The highest BCUT2D eigenvalue weighted by Crippen LogP contribution is 2.35. The minimum absolute atomic E-state index is 0.466. The average Bonchev–Trinajstić information content (AvgIpc) is 2.90. The second-order valence-corrected chi connectivity index (χ2v) is 6.65. The van der Waals surface area contributed by atoms with E-state index in [4.69, 9.17) is 12.2 Å². The summed E-state index contributed by atoms with van der Waals surface area (Å²) in [5.74, 6) is 0.935. The monoisotopic (exact) mass is 306 g/mol. The molecular weight excluding hydrogens is 288 g/mol. The molecule has 0 amide bonds. The predicted molar refractivity (Wildman–Crippen MR) is 85.5 cm³/mol. The van der Waals surface area contributed by atoms with Crippen molar-refractivity contribution in [1.29, 1.82) is 0 Å². The van der Waals surface area contributed by atoms with Crippen molar-refractivity contribution in [2.24, 2.45) is 0 Å². The van der Waals surface area contributed by atoms with Gasteiger partial charge in [0, 0.05) is 29.2 Å². The Morgan fingerprint density at radius 3 is 2.60 bits per heavy atom. The molecule has 2 heterocycles. The van der Waals surface area contributed by atoms with Crippen LogP contribution < -0.4 is 0 Å². The smallest absolute Gasteiger partial charge is 0.195 e. The fourth-order valence-electron chi connectivity index (χ4n) is 2.89. The van der Waals surface area contributed by atoms with Gasteiger partial charge in [-0.15, -0.1) is 0 Å². The number of aromatic amines is 1. The summed E-state index contributed by atoms with van der Waals surface area (Å²) in [6, 6.07) is 4.43. The van der Waals surface area contributed by atoms with E-state index in [0.717, 1.165) is 21.4 Å². The molecule has 0 saturated heterocycles. The van der Waals surface area contributed by atoms with Gasteiger partial charge in [-0.05, 0) is 56.3 Å². The molecule has 6 heteroatoms. The first-order chi connectivity index (χ1) is 9.79. The molecular formula is C14H18N4S2. The summed E-state index contributed by atoms with van der Waals surface area (Å²) in [5, 5.41) is 8.16. The van der Waals surface area contributed by atoms with E-state index < -0.39 is 0 Å². The second-order valence-electron chi connectivity index (χ2n) is 5.12. The highest BCUT2D eigenvalue weighted by atomic mass is 32.2. The van der Waals surface area contributed by atoms with Gasteiger partial charge in [0.25, 0.3) is 0 Å². The van der Waals surface area contributed by atoms with Crippen LogP contribution in [-0.2, 0) is 0 Å². The molecule has 1 aliphatic rings. The van der Waals surface area contributed by atoms with Gasteiger partial charge in [0.1, 0.15) is 0 Å². The van der Waals surface area contributed by atoms with E-state index in [1.807, 2.05) is 23.9 Å². The number of thioether (sulfide) groups is 1. The van der Waals surface area contributed by atoms with Crippen LogP contribution >= 0.6 is 24.0 Å². The van der Waals surface area contributed by atoms with Crippen LogP contribution in [0.2, 0.25) is 0 Å². The van der Waals surface area contributed by atoms with E-state index in [2.05, 4.69) is 26.0 Å². The standard InChI is InChI=1S/C14H18N4S2/c1-20-12-4-2-11(3-5-12)18-13(16-17-14(18)19)10-6-8-15-9-7-10/h6-9,11-12H,2-5H2,1H3,(H,17,19). The number of rotatable bonds is 3. The molecule has 1 saturated carbocycles. The summed E-state index contributed by atoms with van der Waals surface area (Å²) in [7, 11) is 0. The maximum atomic E-state index is 5.44. The maximum Gasteiger partial charge on any atom is 0.195 e. The summed E-state index contributed by atoms with van der Waals surface area (Å²) < 4.78 is 2.92. The summed E-state index contributed by atoms with van der Waals surface area (Å²) in [6.45, 7) is 0. The van der Waals surface area contributed by atoms with Crippen LogP contribution in [0.5, 0.6) is 0 Å². The summed E-state index contributed by atoms with van der Waals surface area (Å²) >= 11 is 7.42. The Labute approximate surface area is 128 Å². The lowest BCUT2D eigenvalue weighted by Gasteiger charge is -2.28. The van der Waals surface area contributed by atoms with Crippen molar-refractivity contribution in [3.8, 4) is 11.4 Å². The number of hydrogen-bond donors (Lipinski definition) is 1. The van der Waals surface area contributed by atoms with Crippen molar-refractivity contribution in [2.75, 3.05) is 6.26 Å². The Balaban J connectivity index is 1.91. The number of pyridine rings is 1. The van der Waals surface area contributed by atoms with Crippen LogP contribution in [0.1, 0.15) is 31.7 Å². The topological polar surface area (TPSA) is 46.5 Å². The van der Waals surface area contributed by atoms with Gasteiger partial charge in [0.2, 0.25) is 0 Å². The quantitative estimate of drug-likeness (QED) is 0.875. The SMILES string of the molecule is CSC1CCC(n2c(-c3ccncc3)n[nH]c2=S)CC1. The zero-order valence-electron chi connectivity index (χ0n) is 11.5. The molecule has 20 heavy (non-hydrogen) atoms. The first-order valence-corrected chi connectivity index (χ1v) is 8.59. The van der Waals surface area contributed by atoms with Crippen LogP contribution in [0.25, 0.3) is 11.4 Å². The molecule has 0 aromatic carbocycles. The molecule has 2 aromatic rings. The summed E-state index contributed by atoms with van der Waals surface area (Å²) in [6.07, 6.45) is 10.7. The number of hydrogen-bond acceptors (Lipinski definition) is 4. The Morgan fingerprint density at radius 1 is 1.25 bits per heavy atom. The van der Waals surface area contributed by atoms with Gasteiger partial charge in [0.05, 0.1) is 0 Å². The minimum Gasteiger partial charge on any atom is -0.297 e. The third kappa shape index (κ3) is 2.67. The Morgan fingerprint density at radius 2 is 1.95 bits per heavy atom. The first-order valence-electron chi connectivity index (χ1n) is 6.89. The van der Waals surface area contributed by atoms with E-state index in [1.165, 1.54) is 25.7 Å². The van der Waals surface area contributed by atoms with Crippen LogP contribution in [0.15, 0.2) is 24.5 Å². The van der Waals surface area contributed by atoms with Gasteiger partial charge >= 0.3 is 0 Å². The molecule has 0 spiro atoms. The molecule has 0 atom stereocenters. The van der Waals surface area contributed by atoms with Gasteiger partial charge in [0.15, 0.2) is 10.6 Å². The van der Waals surface area contributed by atoms with E-state index in [0.29, 0.717) is 6.04 Å². The van der Waals surface area contributed by atoms with Gasteiger partial charge in [-0.25, -0.2) is 0 Å². The van der Waals surface area contributed by atoms with Gasteiger partial charge in [-0.2, -0.15) is 16.9 Å².